The third-order valence-corrected chi connectivity index (χ3v) is 3.62. The number of ether oxygens (including phenoxy) is 1. The topological polar surface area (TPSA) is 45.1 Å². The van der Waals surface area contributed by atoms with Crippen LogP contribution in [0, 0.1) is 0 Å². The highest BCUT2D eigenvalue weighted by Gasteiger charge is 2.71. The molecule has 1 N–H and O–H groups in total. The van der Waals surface area contributed by atoms with Gasteiger partial charge in [-0.05, 0) is 12.1 Å². The molecule has 0 bridgehead atoms. The summed E-state index contributed by atoms with van der Waals surface area (Å²) in [6.45, 7) is 0.696. The molecule has 2 rings (SSSR count). The number of aliphatic hydroxyl groups is 1. The summed E-state index contributed by atoms with van der Waals surface area (Å²) in [5, 5.41) is 8.24. The zero-order valence-electron chi connectivity index (χ0n) is 12.0. The lowest BCUT2D eigenvalue weighted by Gasteiger charge is -2.30. The van der Waals surface area contributed by atoms with Crippen molar-refractivity contribution in [3.8, 4) is 0 Å². The number of hydrogen-bond donors (Lipinski definition) is 1. The number of nitrogens with zero attached hydrogens (tertiary/aromatic N) is 2. The number of benzene rings is 1. The smallest absolute Gasteiger partial charge is 0.455 e. The Morgan fingerprint density at radius 3 is 2.29 bits per heavy atom. The molecule has 0 amide bonds. The van der Waals surface area contributed by atoms with Gasteiger partial charge in [0.2, 0.25) is 0 Å². The Morgan fingerprint density at radius 2 is 1.83 bits per heavy atom. The van der Waals surface area contributed by atoms with Gasteiger partial charge in [-0.15, -0.1) is 0 Å². The summed E-state index contributed by atoms with van der Waals surface area (Å²) in [5.41, 5.74) is -1.33. The Labute approximate surface area is 137 Å². The lowest BCUT2D eigenvalue weighted by atomic mass is 10.00. The van der Waals surface area contributed by atoms with E-state index >= 15 is 0 Å². The first kappa shape index (κ1) is 18.7. The monoisotopic (exact) mass is 376 g/mol. The predicted octanol–water partition coefficient (Wildman–Crippen LogP) is 3.47. The van der Waals surface area contributed by atoms with Gasteiger partial charge in [-0.2, -0.15) is 26.3 Å². The third kappa shape index (κ3) is 3.00. The highest BCUT2D eigenvalue weighted by Crippen LogP contribution is 2.49. The largest absolute Gasteiger partial charge is 0.463 e. The van der Waals surface area contributed by atoms with Crippen LogP contribution in [0.25, 0.3) is 0 Å². The van der Waals surface area contributed by atoms with Crippen LogP contribution in [0.1, 0.15) is 5.56 Å². The number of anilines is 1. The number of aliphatic imine (C=N–C) groups is 1. The quantitative estimate of drug-likeness (QED) is 0.822. The van der Waals surface area contributed by atoms with Crippen LogP contribution in [0.5, 0.6) is 0 Å². The van der Waals surface area contributed by atoms with Crippen LogP contribution in [0.15, 0.2) is 23.2 Å². The summed E-state index contributed by atoms with van der Waals surface area (Å²) in [6.07, 6.45) is -6.19. The average molecular weight is 377 g/mol. The lowest BCUT2D eigenvalue weighted by molar-refractivity contribution is -0.390. The summed E-state index contributed by atoms with van der Waals surface area (Å²) in [5.74, 6) is -11.0. The Hall–Kier alpha value is -1.68. The van der Waals surface area contributed by atoms with E-state index < -0.39 is 28.5 Å². The van der Waals surface area contributed by atoms with Gasteiger partial charge in [0.25, 0.3) is 6.02 Å². The molecule has 0 aromatic heterocycles. The lowest BCUT2D eigenvalue weighted by Crippen LogP contribution is -2.53. The second kappa shape index (κ2) is 5.99. The number of alkyl halides is 6. The SMILES string of the molecule is CN(C1=NCCO1)c1ccc(C(F)(F)C(O)(F)C(F)(F)F)cc1Cl. The van der Waals surface area contributed by atoms with Crippen LogP contribution < -0.4 is 4.90 Å². The summed E-state index contributed by atoms with van der Waals surface area (Å²) < 4.78 is 83.0. The van der Waals surface area contributed by atoms with Gasteiger partial charge in [-0.1, -0.05) is 17.7 Å². The van der Waals surface area contributed by atoms with Crippen molar-refractivity contribution in [3.63, 3.8) is 0 Å². The van der Waals surface area contributed by atoms with Crippen molar-refractivity contribution in [2.24, 2.45) is 4.99 Å². The molecule has 11 heteroatoms. The van der Waals surface area contributed by atoms with Gasteiger partial charge in [-0.25, -0.2) is 4.99 Å². The van der Waals surface area contributed by atoms with Crippen molar-refractivity contribution in [3.05, 3.63) is 28.8 Å². The van der Waals surface area contributed by atoms with Crippen molar-refractivity contribution in [1.82, 2.24) is 0 Å². The Morgan fingerprint density at radius 1 is 1.21 bits per heavy atom. The maximum Gasteiger partial charge on any atom is 0.455 e. The van der Waals surface area contributed by atoms with Crippen molar-refractivity contribution in [2.45, 2.75) is 18.0 Å². The molecule has 134 valence electrons. The Kier molecular flexibility index (Phi) is 4.66. The number of halogens is 7. The normalized spacial score (nSPS) is 18.0. The first-order chi connectivity index (χ1) is 10.9. The van der Waals surface area contributed by atoms with Gasteiger partial charge < -0.3 is 9.84 Å². The molecule has 1 aliphatic heterocycles. The van der Waals surface area contributed by atoms with E-state index in [-0.39, 0.29) is 11.7 Å². The van der Waals surface area contributed by atoms with Gasteiger partial charge in [0.15, 0.2) is 0 Å². The molecule has 0 aliphatic carbocycles. The maximum atomic E-state index is 13.8. The van der Waals surface area contributed by atoms with E-state index in [1.807, 2.05) is 0 Å². The standard InChI is InChI=1S/C13H11ClF6N2O2/c1-22(10-21-4-5-24-10)9-3-2-7(6-8(9)14)11(15,16)12(17,23)13(18,19)20/h2-3,6,23H,4-5H2,1H3. The first-order valence-electron chi connectivity index (χ1n) is 6.46. The molecule has 24 heavy (non-hydrogen) atoms. The third-order valence-electron chi connectivity index (χ3n) is 3.32. The molecule has 1 aliphatic rings. The minimum Gasteiger partial charge on any atom is -0.463 e. The zero-order chi connectivity index (χ0) is 18.3. The van der Waals surface area contributed by atoms with Crippen molar-refractivity contribution in [1.29, 1.82) is 0 Å². The Bertz CT molecular complexity index is 662. The molecule has 0 saturated heterocycles. The van der Waals surface area contributed by atoms with E-state index in [0.29, 0.717) is 25.3 Å². The average Bonchev–Trinajstić information content (AvgIpc) is 2.99. The number of rotatable bonds is 3. The molecule has 0 saturated carbocycles. The van der Waals surface area contributed by atoms with Crippen LogP contribution in [-0.4, -0.2) is 43.4 Å². The van der Waals surface area contributed by atoms with Crippen molar-refractivity contribution < 1.29 is 36.2 Å². The van der Waals surface area contributed by atoms with Crippen molar-refractivity contribution in [2.75, 3.05) is 25.1 Å². The van der Waals surface area contributed by atoms with E-state index in [0.717, 1.165) is 6.07 Å². The van der Waals surface area contributed by atoms with Crippen LogP contribution in [0.4, 0.5) is 32.0 Å². The second-order valence-corrected chi connectivity index (χ2v) is 5.34. The minimum absolute atomic E-state index is 0.103. The maximum absolute atomic E-state index is 13.8. The van der Waals surface area contributed by atoms with E-state index in [1.165, 1.54) is 11.9 Å². The van der Waals surface area contributed by atoms with Gasteiger partial charge in [0.05, 0.1) is 17.3 Å². The molecule has 1 atom stereocenters. The fraction of sp³-hybridized carbons (Fsp3) is 0.462. The highest BCUT2D eigenvalue weighted by atomic mass is 35.5. The molecular weight excluding hydrogens is 366 g/mol. The molecule has 1 aromatic rings. The van der Waals surface area contributed by atoms with Crippen molar-refractivity contribution >= 4 is 23.3 Å². The zero-order valence-corrected chi connectivity index (χ0v) is 12.8. The molecule has 0 spiro atoms. The fourth-order valence-electron chi connectivity index (χ4n) is 1.97. The van der Waals surface area contributed by atoms with Gasteiger partial charge in [0.1, 0.15) is 6.61 Å². The van der Waals surface area contributed by atoms with E-state index in [9.17, 15) is 26.3 Å². The highest BCUT2D eigenvalue weighted by molar-refractivity contribution is 6.33. The fourth-order valence-corrected chi connectivity index (χ4v) is 2.28. The van der Waals surface area contributed by atoms with Gasteiger partial charge in [0, 0.05) is 12.6 Å². The van der Waals surface area contributed by atoms with Crippen LogP contribution in [0.2, 0.25) is 5.02 Å². The van der Waals surface area contributed by atoms with Crippen LogP contribution >= 0.6 is 11.6 Å². The predicted molar refractivity (Wildman–Crippen MR) is 74.1 cm³/mol. The molecule has 1 unspecified atom stereocenters. The Balaban J connectivity index is 2.38. The molecule has 4 nitrogen and oxygen atoms in total. The summed E-state index contributed by atoms with van der Waals surface area (Å²) in [4.78, 5) is 5.25. The summed E-state index contributed by atoms with van der Waals surface area (Å²) in [6, 6.07) is 2.07. The number of hydrogen-bond acceptors (Lipinski definition) is 4. The minimum atomic E-state index is -6.19. The summed E-state index contributed by atoms with van der Waals surface area (Å²) in [7, 11) is 1.45. The van der Waals surface area contributed by atoms with Crippen LogP contribution in [-0.2, 0) is 10.7 Å². The summed E-state index contributed by atoms with van der Waals surface area (Å²) >= 11 is 5.80. The van der Waals surface area contributed by atoms with Gasteiger partial charge >= 0.3 is 18.0 Å². The number of amidine groups is 1. The molecular formula is C13H11ClF6N2O2. The molecule has 0 radical (unpaired) electrons. The van der Waals surface area contributed by atoms with Gasteiger partial charge in [-0.3, -0.25) is 4.90 Å². The molecule has 1 heterocycles. The van der Waals surface area contributed by atoms with E-state index in [2.05, 4.69) is 4.99 Å². The van der Waals surface area contributed by atoms with E-state index in [4.69, 9.17) is 21.4 Å². The van der Waals surface area contributed by atoms with E-state index in [1.54, 1.807) is 0 Å². The first-order valence-corrected chi connectivity index (χ1v) is 6.84. The second-order valence-electron chi connectivity index (χ2n) is 4.93. The molecule has 0 fully saturated rings. The molecule has 1 aromatic carbocycles. The van der Waals surface area contributed by atoms with Crippen LogP contribution in [0.3, 0.4) is 0 Å².